The molecule has 0 unspecified atom stereocenters. The predicted octanol–water partition coefficient (Wildman–Crippen LogP) is 2.60. The lowest BCUT2D eigenvalue weighted by Gasteiger charge is -1.98. The van der Waals surface area contributed by atoms with Gasteiger partial charge in [-0.1, -0.05) is 11.6 Å². The molecule has 1 aromatic carbocycles. The zero-order valence-electron chi connectivity index (χ0n) is 8.61. The average Bonchev–Trinajstić information content (AvgIpc) is 2.78. The molecule has 1 aromatic heterocycles. The van der Waals surface area contributed by atoms with Crippen molar-refractivity contribution in [1.29, 1.82) is 0 Å². The SMILES string of the molecule is O=C(O)c1ccc(C(=O)c2ccc(Cl)cc2)[nH]1. The molecule has 5 heteroatoms. The average molecular weight is 250 g/mol. The van der Waals surface area contributed by atoms with Gasteiger partial charge in [0.1, 0.15) is 5.69 Å². The molecule has 2 N–H and O–H groups in total. The molecule has 0 fully saturated rings. The highest BCUT2D eigenvalue weighted by Gasteiger charge is 2.13. The Hall–Kier alpha value is -2.07. The van der Waals surface area contributed by atoms with Crippen LogP contribution >= 0.6 is 11.6 Å². The minimum Gasteiger partial charge on any atom is -0.477 e. The summed E-state index contributed by atoms with van der Waals surface area (Å²) in [6.45, 7) is 0. The molecule has 17 heavy (non-hydrogen) atoms. The van der Waals surface area contributed by atoms with Crippen molar-refractivity contribution in [3.05, 3.63) is 58.4 Å². The molecule has 0 aliphatic heterocycles. The molecule has 0 saturated carbocycles. The Balaban J connectivity index is 2.30. The van der Waals surface area contributed by atoms with Crippen molar-refractivity contribution in [1.82, 2.24) is 4.98 Å². The molecule has 86 valence electrons. The van der Waals surface area contributed by atoms with E-state index in [1.165, 1.54) is 12.1 Å². The largest absolute Gasteiger partial charge is 0.477 e. The van der Waals surface area contributed by atoms with Crippen molar-refractivity contribution >= 4 is 23.4 Å². The van der Waals surface area contributed by atoms with Gasteiger partial charge in [-0.15, -0.1) is 0 Å². The maximum atomic E-state index is 11.9. The molecular weight excluding hydrogens is 242 g/mol. The number of carboxylic acids is 1. The van der Waals surface area contributed by atoms with E-state index in [1.807, 2.05) is 0 Å². The third-order valence-corrected chi connectivity index (χ3v) is 2.52. The van der Waals surface area contributed by atoms with Crippen LogP contribution in [0.3, 0.4) is 0 Å². The second-order valence-corrected chi connectivity index (χ2v) is 3.86. The van der Waals surface area contributed by atoms with E-state index in [4.69, 9.17) is 16.7 Å². The molecule has 0 aliphatic carbocycles. The summed E-state index contributed by atoms with van der Waals surface area (Å²) in [6, 6.07) is 9.19. The molecule has 0 atom stereocenters. The molecule has 1 heterocycles. The molecule has 0 bridgehead atoms. The standard InChI is InChI=1S/C12H8ClNO3/c13-8-3-1-7(2-4-8)11(15)9-5-6-10(14-9)12(16)17/h1-6,14H,(H,16,17). The van der Waals surface area contributed by atoms with Crippen molar-refractivity contribution in [2.45, 2.75) is 0 Å². The highest BCUT2D eigenvalue weighted by molar-refractivity contribution is 6.30. The first kappa shape index (κ1) is 11.4. The lowest BCUT2D eigenvalue weighted by molar-refractivity contribution is 0.0691. The van der Waals surface area contributed by atoms with Crippen LogP contribution < -0.4 is 0 Å². The number of aromatic carboxylic acids is 1. The minimum absolute atomic E-state index is 0.0117. The third-order valence-electron chi connectivity index (χ3n) is 2.27. The van der Waals surface area contributed by atoms with Gasteiger partial charge in [0.25, 0.3) is 0 Å². The number of carboxylic acid groups (broad SMARTS) is 1. The van der Waals surface area contributed by atoms with Crippen LogP contribution in [-0.2, 0) is 0 Å². The van der Waals surface area contributed by atoms with E-state index in [1.54, 1.807) is 24.3 Å². The van der Waals surface area contributed by atoms with Crippen LogP contribution in [0.5, 0.6) is 0 Å². The fourth-order valence-corrected chi connectivity index (χ4v) is 1.54. The van der Waals surface area contributed by atoms with Crippen LogP contribution in [0.1, 0.15) is 26.5 Å². The number of hydrogen-bond donors (Lipinski definition) is 2. The van der Waals surface area contributed by atoms with E-state index in [0.717, 1.165) is 0 Å². The van der Waals surface area contributed by atoms with E-state index in [9.17, 15) is 9.59 Å². The predicted molar refractivity (Wildman–Crippen MR) is 62.6 cm³/mol. The van der Waals surface area contributed by atoms with Crippen molar-refractivity contribution < 1.29 is 14.7 Å². The lowest BCUT2D eigenvalue weighted by Crippen LogP contribution is -2.03. The highest BCUT2D eigenvalue weighted by atomic mass is 35.5. The summed E-state index contributed by atoms with van der Waals surface area (Å²) in [5.41, 5.74) is 0.681. The van der Waals surface area contributed by atoms with Crippen molar-refractivity contribution in [3.8, 4) is 0 Å². The molecule has 0 amide bonds. The zero-order valence-corrected chi connectivity index (χ0v) is 9.36. The molecule has 2 rings (SSSR count). The number of halogens is 1. The number of nitrogens with one attached hydrogen (secondary N) is 1. The van der Waals surface area contributed by atoms with Crippen molar-refractivity contribution in [3.63, 3.8) is 0 Å². The Morgan fingerprint density at radius 2 is 1.59 bits per heavy atom. The van der Waals surface area contributed by atoms with E-state index >= 15 is 0 Å². The Bertz CT molecular complexity index is 572. The summed E-state index contributed by atoms with van der Waals surface area (Å²) < 4.78 is 0. The number of H-pyrrole nitrogens is 1. The number of hydrogen-bond acceptors (Lipinski definition) is 2. The maximum absolute atomic E-state index is 11.9. The highest BCUT2D eigenvalue weighted by Crippen LogP contribution is 2.13. The number of rotatable bonds is 3. The van der Waals surface area contributed by atoms with E-state index in [2.05, 4.69) is 4.98 Å². The second-order valence-electron chi connectivity index (χ2n) is 3.43. The summed E-state index contributed by atoms with van der Waals surface area (Å²) in [5.74, 6) is -1.37. The number of carbonyl (C=O) groups excluding carboxylic acids is 1. The molecule has 0 radical (unpaired) electrons. The Morgan fingerprint density at radius 1 is 1.00 bits per heavy atom. The number of aromatic nitrogens is 1. The first-order chi connectivity index (χ1) is 8.08. The summed E-state index contributed by atoms with van der Waals surface area (Å²) in [6.07, 6.45) is 0. The second kappa shape index (κ2) is 4.43. The molecule has 0 spiro atoms. The first-order valence-corrected chi connectivity index (χ1v) is 5.18. The number of aromatic amines is 1. The third kappa shape index (κ3) is 2.37. The topological polar surface area (TPSA) is 70.2 Å². The summed E-state index contributed by atoms with van der Waals surface area (Å²) >= 11 is 5.71. The van der Waals surface area contributed by atoms with Gasteiger partial charge in [0, 0.05) is 10.6 Å². The van der Waals surface area contributed by atoms with Crippen molar-refractivity contribution in [2.75, 3.05) is 0 Å². The minimum atomic E-state index is -1.10. The van der Waals surface area contributed by atoms with E-state index in [0.29, 0.717) is 10.6 Å². The van der Waals surface area contributed by atoms with Gasteiger partial charge in [-0.2, -0.15) is 0 Å². The van der Waals surface area contributed by atoms with E-state index < -0.39 is 5.97 Å². The van der Waals surface area contributed by atoms with Crippen LogP contribution in [0, 0.1) is 0 Å². The number of benzene rings is 1. The van der Waals surface area contributed by atoms with Gasteiger partial charge in [0.2, 0.25) is 5.78 Å². The van der Waals surface area contributed by atoms with Gasteiger partial charge < -0.3 is 10.1 Å². The summed E-state index contributed by atoms with van der Waals surface area (Å²) in [4.78, 5) is 25.1. The maximum Gasteiger partial charge on any atom is 0.352 e. The molecule has 0 aliphatic rings. The Labute approximate surface area is 102 Å². The lowest BCUT2D eigenvalue weighted by atomic mass is 10.1. The Morgan fingerprint density at radius 3 is 2.12 bits per heavy atom. The van der Waals surface area contributed by atoms with E-state index in [-0.39, 0.29) is 17.2 Å². The van der Waals surface area contributed by atoms with Gasteiger partial charge in [0.15, 0.2) is 0 Å². The molecule has 2 aromatic rings. The number of carbonyl (C=O) groups is 2. The van der Waals surface area contributed by atoms with Crippen molar-refractivity contribution in [2.24, 2.45) is 0 Å². The van der Waals surface area contributed by atoms with Crippen LogP contribution in [0.15, 0.2) is 36.4 Å². The zero-order chi connectivity index (χ0) is 12.4. The molecule has 4 nitrogen and oxygen atoms in total. The smallest absolute Gasteiger partial charge is 0.352 e. The van der Waals surface area contributed by atoms with Gasteiger partial charge in [-0.3, -0.25) is 4.79 Å². The Kier molecular flexibility index (Phi) is 2.97. The number of ketones is 1. The summed E-state index contributed by atoms with van der Waals surface area (Å²) in [7, 11) is 0. The summed E-state index contributed by atoms with van der Waals surface area (Å²) in [5, 5.41) is 9.27. The monoisotopic (exact) mass is 249 g/mol. The van der Waals surface area contributed by atoms with Gasteiger partial charge >= 0.3 is 5.97 Å². The fourth-order valence-electron chi connectivity index (χ4n) is 1.41. The van der Waals surface area contributed by atoms with Gasteiger partial charge in [-0.25, -0.2) is 4.79 Å². The quantitative estimate of drug-likeness (QED) is 0.822. The first-order valence-electron chi connectivity index (χ1n) is 4.80. The van der Waals surface area contributed by atoms with Gasteiger partial charge in [-0.05, 0) is 36.4 Å². The van der Waals surface area contributed by atoms with Gasteiger partial charge in [0.05, 0.1) is 5.69 Å². The van der Waals surface area contributed by atoms with Crippen LogP contribution in [0.25, 0.3) is 0 Å². The van der Waals surface area contributed by atoms with Crippen LogP contribution in [0.4, 0.5) is 0 Å². The van der Waals surface area contributed by atoms with Crippen LogP contribution in [-0.4, -0.2) is 21.8 Å². The molecular formula is C12H8ClNO3. The molecule has 0 saturated heterocycles. The normalized spacial score (nSPS) is 10.2. The fraction of sp³-hybridized carbons (Fsp3) is 0. The van der Waals surface area contributed by atoms with Crippen LogP contribution in [0.2, 0.25) is 5.02 Å².